The van der Waals surface area contributed by atoms with Crippen LogP contribution in [-0.2, 0) is 4.74 Å². The summed E-state index contributed by atoms with van der Waals surface area (Å²) >= 11 is 0. The lowest BCUT2D eigenvalue weighted by atomic mass is 9.87. The predicted molar refractivity (Wildman–Crippen MR) is 76.9 cm³/mol. The summed E-state index contributed by atoms with van der Waals surface area (Å²) in [6.45, 7) is 9.01. The molecule has 0 bridgehead atoms. The lowest BCUT2D eigenvalue weighted by Gasteiger charge is -2.30. The largest absolute Gasteiger partial charge is 0.494 e. The lowest BCUT2D eigenvalue weighted by molar-refractivity contribution is -0.0250. The molecule has 0 spiro atoms. The monoisotopic (exact) mass is 264 g/mol. The van der Waals surface area contributed by atoms with Crippen LogP contribution >= 0.6 is 0 Å². The van der Waals surface area contributed by atoms with E-state index in [0.717, 1.165) is 5.75 Å². The number of Topliss-reactive ketones (excluding diaryl/α,β-unsaturated/α-hetero) is 1. The Hall–Kier alpha value is -1.35. The Morgan fingerprint density at radius 2 is 1.58 bits per heavy atom. The maximum Gasteiger partial charge on any atom is 0.194 e. The highest BCUT2D eigenvalue weighted by Crippen LogP contribution is 2.26. The van der Waals surface area contributed by atoms with Crippen molar-refractivity contribution in [2.24, 2.45) is 0 Å². The average molecular weight is 264 g/mol. The number of ketones is 1. The van der Waals surface area contributed by atoms with Gasteiger partial charge in [-0.25, -0.2) is 0 Å². The van der Waals surface area contributed by atoms with Crippen molar-refractivity contribution in [3.8, 4) is 5.75 Å². The molecule has 0 fully saturated rings. The summed E-state index contributed by atoms with van der Waals surface area (Å²) in [5.41, 5.74) is -0.0115. The van der Waals surface area contributed by atoms with E-state index in [2.05, 4.69) is 0 Å². The highest BCUT2D eigenvalue weighted by Gasteiger charge is 2.35. The van der Waals surface area contributed by atoms with Gasteiger partial charge >= 0.3 is 0 Å². The summed E-state index contributed by atoms with van der Waals surface area (Å²) < 4.78 is 11.1. The van der Waals surface area contributed by atoms with E-state index in [1.165, 1.54) is 0 Å². The van der Waals surface area contributed by atoms with Crippen LogP contribution < -0.4 is 4.74 Å². The predicted octanol–water partition coefficient (Wildman–Crippen LogP) is 3.86. The Balaban J connectivity index is 2.96. The van der Waals surface area contributed by atoms with Crippen LogP contribution in [0.2, 0.25) is 0 Å². The lowest BCUT2D eigenvalue weighted by Crippen LogP contribution is -2.40. The zero-order valence-electron chi connectivity index (χ0n) is 12.4. The molecule has 0 aliphatic carbocycles. The minimum absolute atomic E-state index is 0.0578. The number of carbonyl (C=O) groups excluding carboxylic acids is 1. The van der Waals surface area contributed by atoms with E-state index in [-0.39, 0.29) is 5.78 Å². The fraction of sp³-hybridized carbons (Fsp3) is 0.562. The second-order valence-electron chi connectivity index (χ2n) is 4.42. The molecular formula is C16H24O3. The maximum atomic E-state index is 12.6. The van der Waals surface area contributed by atoms with E-state index < -0.39 is 5.60 Å². The molecule has 19 heavy (non-hydrogen) atoms. The first-order chi connectivity index (χ1) is 9.13. The maximum absolute atomic E-state index is 12.6. The van der Waals surface area contributed by atoms with E-state index in [4.69, 9.17) is 9.47 Å². The Morgan fingerprint density at radius 3 is 2.00 bits per heavy atom. The second kappa shape index (κ2) is 7.29. The smallest absolute Gasteiger partial charge is 0.194 e. The highest BCUT2D eigenvalue weighted by molar-refractivity contribution is 6.02. The Morgan fingerprint density at radius 1 is 1.00 bits per heavy atom. The van der Waals surface area contributed by atoms with Gasteiger partial charge in [-0.2, -0.15) is 0 Å². The number of hydrogen-bond donors (Lipinski definition) is 0. The average Bonchev–Trinajstić information content (AvgIpc) is 2.45. The van der Waals surface area contributed by atoms with E-state index in [9.17, 15) is 4.79 Å². The van der Waals surface area contributed by atoms with E-state index in [1.807, 2.05) is 52.0 Å². The van der Waals surface area contributed by atoms with Crippen LogP contribution in [0.25, 0.3) is 0 Å². The third kappa shape index (κ3) is 3.57. The van der Waals surface area contributed by atoms with Crippen molar-refractivity contribution >= 4 is 5.78 Å². The van der Waals surface area contributed by atoms with Gasteiger partial charge in [0.1, 0.15) is 11.4 Å². The molecule has 0 radical (unpaired) electrons. The molecule has 0 N–H and O–H groups in total. The summed E-state index contributed by atoms with van der Waals surface area (Å²) in [5.74, 6) is 0.844. The molecule has 0 aliphatic heterocycles. The number of ether oxygens (including phenoxy) is 2. The molecule has 0 atom stereocenters. The van der Waals surface area contributed by atoms with E-state index in [0.29, 0.717) is 31.6 Å². The van der Waals surface area contributed by atoms with Crippen molar-refractivity contribution < 1.29 is 14.3 Å². The van der Waals surface area contributed by atoms with Gasteiger partial charge in [0.25, 0.3) is 0 Å². The molecule has 0 saturated carbocycles. The van der Waals surface area contributed by atoms with Gasteiger partial charge in [-0.05, 0) is 51.0 Å². The molecule has 3 nitrogen and oxygen atoms in total. The third-order valence-corrected chi connectivity index (χ3v) is 3.40. The first kappa shape index (κ1) is 15.7. The molecule has 0 heterocycles. The normalized spacial score (nSPS) is 11.4. The quantitative estimate of drug-likeness (QED) is 0.669. The molecule has 1 rings (SSSR count). The summed E-state index contributed by atoms with van der Waals surface area (Å²) in [7, 11) is 0. The molecule has 0 aromatic heterocycles. The molecule has 3 heteroatoms. The van der Waals surface area contributed by atoms with Gasteiger partial charge < -0.3 is 9.47 Å². The van der Waals surface area contributed by atoms with Crippen molar-refractivity contribution in [3.05, 3.63) is 29.8 Å². The Kier molecular flexibility index (Phi) is 6.03. The van der Waals surface area contributed by atoms with Crippen LogP contribution in [0.5, 0.6) is 5.75 Å². The van der Waals surface area contributed by atoms with Gasteiger partial charge in [0.2, 0.25) is 0 Å². The van der Waals surface area contributed by atoms with Crippen LogP contribution in [0.15, 0.2) is 24.3 Å². The number of carbonyl (C=O) groups is 1. The first-order valence-corrected chi connectivity index (χ1v) is 7.05. The molecule has 1 aromatic carbocycles. The number of hydrogen-bond acceptors (Lipinski definition) is 3. The van der Waals surface area contributed by atoms with E-state index in [1.54, 1.807) is 0 Å². The topological polar surface area (TPSA) is 35.5 Å². The van der Waals surface area contributed by atoms with Gasteiger partial charge in [0.05, 0.1) is 6.61 Å². The van der Waals surface area contributed by atoms with Crippen LogP contribution in [-0.4, -0.2) is 24.6 Å². The summed E-state index contributed by atoms with van der Waals surface area (Å²) in [4.78, 5) is 12.6. The molecule has 0 amide bonds. The summed E-state index contributed by atoms with van der Waals surface area (Å²) in [5, 5.41) is 0. The second-order valence-corrected chi connectivity index (χ2v) is 4.42. The minimum atomic E-state index is -0.693. The van der Waals surface area contributed by atoms with Crippen LogP contribution in [0, 0.1) is 0 Å². The van der Waals surface area contributed by atoms with Gasteiger partial charge in [0, 0.05) is 12.2 Å². The van der Waals surface area contributed by atoms with Gasteiger partial charge in [-0.1, -0.05) is 13.8 Å². The van der Waals surface area contributed by atoms with Crippen LogP contribution in [0.4, 0.5) is 0 Å². The highest BCUT2D eigenvalue weighted by atomic mass is 16.5. The number of rotatable bonds is 8. The standard InChI is InChI=1S/C16H24O3/c1-5-16(6-2,19-8-4)15(17)13-9-11-14(12-10-13)18-7-3/h9-12H,5-8H2,1-4H3. The van der Waals surface area contributed by atoms with Crippen LogP contribution in [0.3, 0.4) is 0 Å². The third-order valence-electron chi connectivity index (χ3n) is 3.40. The van der Waals surface area contributed by atoms with Gasteiger partial charge in [-0.15, -0.1) is 0 Å². The Labute approximate surface area is 115 Å². The zero-order valence-corrected chi connectivity index (χ0v) is 12.4. The van der Waals surface area contributed by atoms with Crippen molar-refractivity contribution in [1.82, 2.24) is 0 Å². The fourth-order valence-electron chi connectivity index (χ4n) is 2.25. The molecular weight excluding hydrogens is 240 g/mol. The molecule has 0 saturated heterocycles. The van der Waals surface area contributed by atoms with E-state index >= 15 is 0 Å². The molecule has 106 valence electrons. The van der Waals surface area contributed by atoms with Crippen LogP contribution in [0.1, 0.15) is 50.9 Å². The molecule has 1 aromatic rings. The zero-order chi connectivity index (χ0) is 14.3. The first-order valence-electron chi connectivity index (χ1n) is 7.05. The van der Waals surface area contributed by atoms with Gasteiger partial charge in [0.15, 0.2) is 5.78 Å². The Bertz CT molecular complexity index is 391. The van der Waals surface area contributed by atoms with Crippen molar-refractivity contribution in [2.45, 2.75) is 46.1 Å². The summed E-state index contributed by atoms with van der Waals surface area (Å²) in [6.07, 6.45) is 1.37. The number of benzene rings is 1. The van der Waals surface area contributed by atoms with Gasteiger partial charge in [-0.3, -0.25) is 4.79 Å². The summed E-state index contributed by atoms with van der Waals surface area (Å²) in [6, 6.07) is 7.29. The molecule has 0 unspecified atom stereocenters. The van der Waals surface area contributed by atoms with Crippen molar-refractivity contribution in [1.29, 1.82) is 0 Å². The minimum Gasteiger partial charge on any atom is -0.494 e. The SMILES string of the molecule is CCOc1ccc(C(=O)C(CC)(CC)OCC)cc1. The van der Waals surface area contributed by atoms with Crippen molar-refractivity contribution in [3.63, 3.8) is 0 Å². The molecule has 0 aliphatic rings. The fourth-order valence-corrected chi connectivity index (χ4v) is 2.25. The van der Waals surface area contributed by atoms with Crippen molar-refractivity contribution in [2.75, 3.05) is 13.2 Å².